The van der Waals surface area contributed by atoms with Crippen molar-refractivity contribution in [3.8, 4) is 5.75 Å². The predicted molar refractivity (Wildman–Crippen MR) is 85.1 cm³/mol. The molecule has 1 atom stereocenters. The van der Waals surface area contributed by atoms with Crippen LogP contribution in [0.25, 0.3) is 11.0 Å². The van der Waals surface area contributed by atoms with Crippen molar-refractivity contribution in [2.24, 2.45) is 5.73 Å². The summed E-state index contributed by atoms with van der Waals surface area (Å²) in [5.41, 5.74) is 6.75. The summed E-state index contributed by atoms with van der Waals surface area (Å²) in [5, 5.41) is 2.12. The Morgan fingerprint density at radius 2 is 1.90 bits per heavy atom. The van der Waals surface area contributed by atoms with Gasteiger partial charge in [0, 0.05) is 10.4 Å². The molecule has 1 heterocycles. The van der Waals surface area contributed by atoms with Crippen LogP contribution >= 0.6 is 23.2 Å². The van der Waals surface area contributed by atoms with E-state index in [2.05, 4.69) is 0 Å². The van der Waals surface area contributed by atoms with E-state index in [4.69, 9.17) is 38.1 Å². The number of para-hydroxylation sites is 1. The highest BCUT2D eigenvalue weighted by atomic mass is 35.5. The van der Waals surface area contributed by atoms with Crippen LogP contribution in [0, 0.1) is 0 Å². The number of rotatable bonds is 4. The zero-order valence-electron chi connectivity index (χ0n) is 11.1. The van der Waals surface area contributed by atoms with Gasteiger partial charge in [0.25, 0.3) is 0 Å². The minimum absolute atomic E-state index is 0.289. The number of nitrogens with two attached hydrogens (primary N) is 1. The van der Waals surface area contributed by atoms with Crippen LogP contribution in [0.4, 0.5) is 0 Å². The van der Waals surface area contributed by atoms with Gasteiger partial charge in [-0.1, -0.05) is 41.4 Å². The molecule has 0 saturated carbocycles. The first kappa shape index (κ1) is 14.3. The third-order valence-electron chi connectivity index (χ3n) is 3.11. The second-order valence-corrected chi connectivity index (χ2v) is 5.53. The molecule has 2 N–H and O–H groups in total. The SMILES string of the molecule is NC(COc1cccc(Cl)c1)c1cc2cccc(Cl)c2o1. The molecule has 1 unspecified atom stereocenters. The quantitative estimate of drug-likeness (QED) is 0.749. The molecule has 0 amide bonds. The monoisotopic (exact) mass is 321 g/mol. The molecular weight excluding hydrogens is 309 g/mol. The first-order chi connectivity index (χ1) is 10.1. The topological polar surface area (TPSA) is 48.4 Å². The minimum atomic E-state index is -0.382. The highest BCUT2D eigenvalue weighted by molar-refractivity contribution is 6.34. The standard InChI is InChI=1S/C16H13Cl2NO2/c17-11-4-2-5-12(8-11)20-9-14(19)15-7-10-3-1-6-13(18)16(10)21-15/h1-8,14H,9,19H2. The molecule has 108 valence electrons. The number of halogens is 2. The van der Waals surface area contributed by atoms with Crippen LogP contribution in [0.1, 0.15) is 11.8 Å². The number of furan rings is 1. The Kier molecular flexibility index (Phi) is 4.06. The van der Waals surface area contributed by atoms with Crippen molar-refractivity contribution >= 4 is 34.2 Å². The van der Waals surface area contributed by atoms with E-state index < -0.39 is 0 Å². The highest BCUT2D eigenvalue weighted by Crippen LogP contribution is 2.29. The third-order valence-corrected chi connectivity index (χ3v) is 3.64. The van der Waals surface area contributed by atoms with Crippen molar-refractivity contribution in [1.82, 2.24) is 0 Å². The fourth-order valence-electron chi connectivity index (χ4n) is 2.06. The average Bonchev–Trinajstić information content (AvgIpc) is 2.90. The van der Waals surface area contributed by atoms with Crippen molar-refractivity contribution < 1.29 is 9.15 Å². The van der Waals surface area contributed by atoms with Crippen molar-refractivity contribution in [3.63, 3.8) is 0 Å². The maximum Gasteiger partial charge on any atom is 0.152 e. The maximum atomic E-state index is 6.10. The second-order valence-electron chi connectivity index (χ2n) is 4.68. The predicted octanol–water partition coefficient (Wildman–Crippen LogP) is 4.82. The Morgan fingerprint density at radius 1 is 1.10 bits per heavy atom. The van der Waals surface area contributed by atoms with E-state index in [9.17, 15) is 0 Å². The van der Waals surface area contributed by atoms with E-state index in [1.165, 1.54) is 0 Å². The first-order valence-electron chi connectivity index (χ1n) is 6.45. The zero-order valence-corrected chi connectivity index (χ0v) is 12.6. The molecule has 0 aliphatic rings. The van der Waals surface area contributed by atoms with E-state index in [0.717, 1.165) is 5.39 Å². The largest absolute Gasteiger partial charge is 0.491 e. The van der Waals surface area contributed by atoms with Gasteiger partial charge in [0.05, 0.1) is 11.1 Å². The van der Waals surface area contributed by atoms with Gasteiger partial charge in [0.15, 0.2) is 5.58 Å². The number of fused-ring (bicyclic) bond motifs is 1. The molecule has 3 rings (SSSR count). The van der Waals surface area contributed by atoms with E-state index in [1.807, 2.05) is 30.3 Å². The summed E-state index contributed by atoms with van der Waals surface area (Å²) in [4.78, 5) is 0. The van der Waals surface area contributed by atoms with E-state index in [1.54, 1.807) is 18.2 Å². The summed E-state index contributed by atoms with van der Waals surface area (Å²) in [7, 11) is 0. The number of hydrogen-bond acceptors (Lipinski definition) is 3. The normalized spacial score (nSPS) is 12.5. The zero-order chi connectivity index (χ0) is 14.8. The van der Waals surface area contributed by atoms with Crippen LogP contribution in [0.3, 0.4) is 0 Å². The van der Waals surface area contributed by atoms with Gasteiger partial charge in [-0.3, -0.25) is 0 Å². The van der Waals surface area contributed by atoms with Crippen LogP contribution in [-0.2, 0) is 0 Å². The van der Waals surface area contributed by atoms with Crippen molar-refractivity contribution in [2.75, 3.05) is 6.61 Å². The fraction of sp³-hybridized carbons (Fsp3) is 0.125. The number of ether oxygens (including phenoxy) is 1. The fourth-order valence-corrected chi connectivity index (χ4v) is 2.46. The molecule has 21 heavy (non-hydrogen) atoms. The van der Waals surface area contributed by atoms with Gasteiger partial charge < -0.3 is 14.9 Å². The van der Waals surface area contributed by atoms with Gasteiger partial charge in [0.1, 0.15) is 18.1 Å². The van der Waals surface area contributed by atoms with Crippen LogP contribution in [0.2, 0.25) is 10.0 Å². The van der Waals surface area contributed by atoms with E-state index >= 15 is 0 Å². The molecule has 0 bridgehead atoms. The molecule has 0 saturated heterocycles. The Morgan fingerprint density at radius 3 is 2.67 bits per heavy atom. The second kappa shape index (κ2) is 5.98. The lowest BCUT2D eigenvalue weighted by atomic mass is 10.2. The van der Waals surface area contributed by atoms with Crippen LogP contribution in [-0.4, -0.2) is 6.61 Å². The average molecular weight is 322 g/mol. The highest BCUT2D eigenvalue weighted by Gasteiger charge is 2.14. The van der Waals surface area contributed by atoms with Crippen LogP contribution in [0.5, 0.6) is 5.75 Å². The Bertz CT molecular complexity index is 770. The smallest absolute Gasteiger partial charge is 0.152 e. The van der Waals surface area contributed by atoms with Gasteiger partial charge in [-0.15, -0.1) is 0 Å². The molecule has 3 aromatic rings. The first-order valence-corrected chi connectivity index (χ1v) is 7.21. The molecule has 2 aromatic carbocycles. The van der Waals surface area contributed by atoms with Gasteiger partial charge in [0.2, 0.25) is 0 Å². The molecule has 0 radical (unpaired) electrons. The summed E-state index contributed by atoms with van der Waals surface area (Å²) in [5.74, 6) is 1.31. The molecule has 1 aromatic heterocycles. The summed E-state index contributed by atoms with van der Waals surface area (Å²) >= 11 is 12.0. The lowest BCUT2D eigenvalue weighted by molar-refractivity contribution is 0.275. The van der Waals surface area contributed by atoms with Crippen LogP contribution in [0.15, 0.2) is 52.9 Å². The van der Waals surface area contributed by atoms with Crippen molar-refractivity contribution in [3.05, 3.63) is 64.3 Å². The van der Waals surface area contributed by atoms with Gasteiger partial charge >= 0.3 is 0 Å². The lowest BCUT2D eigenvalue weighted by Gasteiger charge is -2.11. The summed E-state index contributed by atoms with van der Waals surface area (Å²) in [6.45, 7) is 0.289. The van der Waals surface area contributed by atoms with Crippen LogP contribution < -0.4 is 10.5 Å². The minimum Gasteiger partial charge on any atom is -0.491 e. The molecule has 0 fully saturated rings. The van der Waals surface area contributed by atoms with Gasteiger partial charge in [-0.05, 0) is 30.3 Å². The third kappa shape index (κ3) is 3.16. The molecule has 0 aliphatic heterocycles. The summed E-state index contributed by atoms with van der Waals surface area (Å²) < 4.78 is 11.3. The van der Waals surface area contributed by atoms with E-state index in [0.29, 0.717) is 27.1 Å². The molecule has 0 aliphatic carbocycles. The van der Waals surface area contributed by atoms with Gasteiger partial charge in [-0.25, -0.2) is 0 Å². The Hall–Kier alpha value is -1.68. The maximum absolute atomic E-state index is 6.10. The molecular formula is C16H13Cl2NO2. The van der Waals surface area contributed by atoms with Gasteiger partial charge in [-0.2, -0.15) is 0 Å². The number of hydrogen-bond donors (Lipinski definition) is 1. The van der Waals surface area contributed by atoms with Crippen molar-refractivity contribution in [1.29, 1.82) is 0 Å². The summed E-state index contributed by atoms with van der Waals surface area (Å²) in [6.07, 6.45) is 0. The molecule has 3 nitrogen and oxygen atoms in total. The molecule has 0 spiro atoms. The lowest BCUT2D eigenvalue weighted by Crippen LogP contribution is -2.18. The summed E-state index contributed by atoms with van der Waals surface area (Å²) in [6, 6.07) is 14.3. The van der Waals surface area contributed by atoms with Crippen molar-refractivity contribution in [2.45, 2.75) is 6.04 Å². The molecule has 5 heteroatoms. The number of benzene rings is 2. The Balaban J connectivity index is 1.75. The Labute approximate surface area is 132 Å². The van der Waals surface area contributed by atoms with E-state index in [-0.39, 0.29) is 12.6 Å².